The molecular weight excluding hydrogens is 282 g/mol. The Bertz CT molecular complexity index is 521. The molecule has 0 bridgehead atoms. The zero-order valence-corrected chi connectivity index (χ0v) is 13.2. The number of carbonyl (C=O) groups is 2. The highest BCUT2D eigenvalue weighted by Gasteiger charge is 2.25. The molecule has 1 heterocycles. The van der Waals surface area contributed by atoms with Gasteiger partial charge in [0.2, 0.25) is 0 Å². The molecule has 0 aromatic heterocycles. The van der Waals surface area contributed by atoms with E-state index in [1.165, 1.54) is 0 Å². The Morgan fingerprint density at radius 1 is 1.14 bits per heavy atom. The summed E-state index contributed by atoms with van der Waals surface area (Å²) in [6.45, 7) is 5.32. The van der Waals surface area contributed by atoms with Crippen molar-refractivity contribution in [3.05, 3.63) is 24.3 Å². The summed E-state index contributed by atoms with van der Waals surface area (Å²) >= 11 is 0. The summed E-state index contributed by atoms with van der Waals surface area (Å²) in [6, 6.07) is 7.33. The average molecular weight is 305 g/mol. The third kappa shape index (κ3) is 4.23. The van der Waals surface area contributed by atoms with Gasteiger partial charge in [-0.2, -0.15) is 0 Å². The maximum Gasteiger partial charge on any atom is 0.260 e. The molecule has 1 aliphatic heterocycles. The Morgan fingerprint density at radius 3 is 2.27 bits per heavy atom. The first-order chi connectivity index (χ1) is 10.6. The lowest BCUT2D eigenvalue weighted by molar-refractivity contribution is -0.136. The van der Waals surface area contributed by atoms with Gasteiger partial charge < -0.3 is 14.4 Å². The van der Waals surface area contributed by atoms with E-state index in [4.69, 9.17) is 9.47 Å². The van der Waals surface area contributed by atoms with E-state index in [1.54, 1.807) is 17.9 Å². The Balaban J connectivity index is 1.85. The molecule has 0 unspecified atom stereocenters. The number of ketones is 1. The molecule has 0 N–H and O–H groups in total. The number of para-hydroxylation sites is 2. The van der Waals surface area contributed by atoms with Gasteiger partial charge in [0.15, 0.2) is 18.1 Å². The van der Waals surface area contributed by atoms with Crippen LogP contribution in [0, 0.1) is 5.92 Å². The molecule has 0 saturated carbocycles. The second-order valence-corrected chi connectivity index (χ2v) is 5.43. The normalized spacial score (nSPS) is 15.5. The molecular formula is C17H23NO4. The average Bonchev–Trinajstić information content (AvgIpc) is 2.54. The second kappa shape index (κ2) is 7.82. The highest BCUT2D eigenvalue weighted by atomic mass is 16.5. The predicted molar refractivity (Wildman–Crippen MR) is 83.1 cm³/mol. The van der Waals surface area contributed by atoms with Crippen LogP contribution in [0.15, 0.2) is 24.3 Å². The van der Waals surface area contributed by atoms with Crippen molar-refractivity contribution >= 4 is 11.7 Å². The van der Waals surface area contributed by atoms with Gasteiger partial charge in [-0.15, -0.1) is 0 Å². The van der Waals surface area contributed by atoms with Crippen molar-refractivity contribution in [3.63, 3.8) is 0 Å². The van der Waals surface area contributed by atoms with E-state index in [1.807, 2.05) is 25.1 Å². The van der Waals surface area contributed by atoms with E-state index in [0.29, 0.717) is 31.2 Å². The highest BCUT2D eigenvalue weighted by Crippen LogP contribution is 2.26. The number of amides is 1. The number of benzene rings is 1. The lowest BCUT2D eigenvalue weighted by Gasteiger charge is -2.30. The fourth-order valence-corrected chi connectivity index (χ4v) is 2.61. The number of Topliss-reactive ketones (excluding diaryl/α,β-unsaturated/α-hetero) is 1. The minimum absolute atomic E-state index is 0.00513. The monoisotopic (exact) mass is 305 g/mol. The largest absolute Gasteiger partial charge is 0.490 e. The van der Waals surface area contributed by atoms with Crippen molar-refractivity contribution in [1.82, 2.24) is 4.90 Å². The van der Waals surface area contributed by atoms with E-state index in [0.717, 1.165) is 12.8 Å². The minimum Gasteiger partial charge on any atom is -0.490 e. The molecule has 1 aliphatic rings. The molecule has 120 valence electrons. The van der Waals surface area contributed by atoms with Crippen LogP contribution in [0.5, 0.6) is 11.5 Å². The first-order valence-corrected chi connectivity index (χ1v) is 7.74. The smallest absolute Gasteiger partial charge is 0.260 e. The third-order valence-corrected chi connectivity index (χ3v) is 3.92. The fraction of sp³-hybridized carbons (Fsp3) is 0.529. The van der Waals surface area contributed by atoms with E-state index in [-0.39, 0.29) is 24.2 Å². The van der Waals surface area contributed by atoms with E-state index >= 15 is 0 Å². The van der Waals surface area contributed by atoms with Crippen molar-refractivity contribution in [3.8, 4) is 11.5 Å². The van der Waals surface area contributed by atoms with Crippen molar-refractivity contribution in [2.75, 3.05) is 26.3 Å². The molecule has 2 rings (SSSR count). The molecule has 22 heavy (non-hydrogen) atoms. The Kier molecular flexibility index (Phi) is 5.81. The fourth-order valence-electron chi connectivity index (χ4n) is 2.61. The Hall–Kier alpha value is -2.04. The van der Waals surface area contributed by atoms with Gasteiger partial charge in [0, 0.05) is 19.0 Å². The van der Waals surface area contributed by atoms with Crippen molar-refractivity contribution in [2.45, 2.75) is 26.7 Å². The summed E-state index contributed by atoms with van der Waals surface area (Å²) in [5.41, 5.74) is 0. The topological polar surface area (TPSA) is 55.8 Å². The van der Waals surface area contributed by atoms with Crippen LogP contribution in [-0.2, 0) is 9.59 Å². The van der Waals surface area contributed by atoms with Gasteiger partial charge in [-0.1, -0.05) is 12.1 Å². The zero-order chi connectivity index (χ0) is 15.9. The second-order valence-electron chi connectivity index (χ2n) is 5.43. The molecule has 0 aliphatic carbocycles. The molecule has 5 nitrogen and oxygen atoms in total. The highest BCUT2D eigenvalue weighted by molar-refractivity contribution is 5.80. The molecule has 0 spiro atoms. The molecule has 1 aromatic carbocycles. The van der Waals surface area contributed by atoms with Crippen molar-refractivity contribution in [1.29, 1.82) is 0 Å². The lowest BCUT2D eigenvalue weighted by atomic mass is 9.93. The number of hydrogen-bond acceptors (Lipinski definition) is 4. The standard InChI is InChI=1S/C17H23NO4/c1-3-21-15-6-4-5-7-16(15)22-12-17(20)18-10-8-14(9-11-18)13(2)19/h4-7,14H,3,8-12H2,1-2H3. The summed E-state index contributed by atoms with van der Waals surface area (Å²) in [7, 11) is 0. The van der Waals surface area contributed by atoms with Crippen LogP contribution in [0.2, 0.25) is 0 Å². The number of carbonyl (C=O) groups excluding carboxylic acids is 2. The molecule has 1 aromatic rings. The van der Waals surface area contributed by atoms with Crippen LogP contribution >= 0.6 is 0 Å². The first kappa shape index (κ1) is 16.3. The molecule has 1 saturated heterocycles. The number of nitrogens with zero attached hydrogens (tertiary/aromatic N) is 1. The maximum atomic E-state index is 12.2. The van der Waals surface area contributed by atoms with Gasteiger partial charge in [-0.25, -0.2) is 0 Å². The molecule has 0 radical (unpaired) electrons. The Morgan fingerprint density at radius 2 is 1.73 bits per heavy atom. The zero-order valence-electron chi connectivity index (χ0n) is 13.2. The molecule has 0 atom stereocenters. The number of piperidine rings is 1. The molecule has 1 amide bonds. The summed E-state index contributed by atoms with van der Waals surface area (Å²) in [6.07, 6.45) is 1.49. The van der Waals surface area contributed by atoms with Crippen LogP contribution in [0.1, 0.15) is 26.7 Å². The van der Waals surface area contributed by atoms with Gasteiger partial charge in [0.1, 0.15) is 5.78 Å². The summed E-state index contributed by atoms with van der Waals surface area (Å²) in [4.78, 5) is 25.3. The minimum atomic E-state index is -0.0479. The third-order valence-electron chi connectivity index (χ3n) is 3.92. The first-order valence-electron chi connectivity index (χ1n) is 7.74. The number of hydrogen-bond donors (Lipinski definition) is 0. The van der Waals surface area contributed by atoms with Gasteiger partial charge in [0.05, 0.1) is 6.61 Å². The van der Waals surface area contributed by atoms with Gasteiger partial charge in [0.25, 0.3) is 5.91 Å². The van der Waals surface area contributed by atoms with Gasteiger partial charge >= 0.3 is 0 Å². The van der Waals surface area contributed by atoms with E-state index in [9.17, 15) is 9.59 Å². The summed E-state index contributed by atoms with van der Waals surface area (Å²) < 4.78 is 11.1. The SMILES string of the molecule is CCOc1ccccc1OCC(=O)N1CCC(C(C)=O)CC1. The van der Waals surface area contributed by atoms with Crippen molar-refractivity contribution in [2.24, 2.45) is 5.92 Å². The Labute approximate surface area is 131 Å². The molecule has 5 heteroatoms. The van der Waals surface area contributed by atoms with Crippen LogP contribution < -0.4 is 9.47 Å². The lowest BCUT2D eigenvalue weighted by Crippen LogP contribution is -2.42. The summed E-state index contributed by atoms with van der Waals surface area (Å²) in [5.74, 6) is 1.50. The maximum absolute atomic E-state index is 12.2. The number of likely N-dealkylation sites (tertiary alicyclic amines) is 1. The van der Waals surface area contributed by atoms with E-state index < -0.39 is 0 Å². The molecule has 1 fully saturated rings. The van der Waals surface area contributed by atoms with Crippen molar-refractivity contribution < 1.29 is 19.1 Å². The van der Waals surface area contributed by atoms with Crippen LogP contribution in [-0.4, -0.2) is 42.9 Å². The van der Waals surface area contributed by atoms with Crippen LogP contribution in [0.4, 0.5) is 0 Å². The van der Waals surface area contributed by atoms with Crippen LogP contribution in [0.3, 0.4) is 0 Å². The van der Waals surface area contributed by atoms with E-state index in [2.05, 4.69) is 0 Å². The number of ether oxygens (including phenoxy) is 2. The van der Waals surface area contributed by atoms with Gasteiger partial charge in [-0.05, 0) is 38.8 Å². The summed E-state index contributed by atoms with van der Waals surface area (Å²) in [5, 5.41) is 0. The van der Waals surface area contributed by atoms with Crippen LogP contribution in [0.25, 0.3) is 0 Å². The predicted octanol–water partition coefficient (Wildman–Crippen LogP) is 2.29. The number of rotatable bonds is 6. The quantitative estimate of drug-likeness (QED) is 0.809. The van der Waals surface area contributed by atoms with Gasteiger partial charge in [-0.3, -0.25) is 9.59 Å².